The minimum Gasteiger partial charge on any atom is -0.481 e. The zero-order chi connectivity index (χ0) is 38.5. The van der Waals surface area contributed by atoms with Gasteiger partial charge in [-0.15, -0.1) is 0 Å². The number of ether oxygens (including phenoxy) is 1. The van der Waals surface area contributed by atoms with Crippen molar-refractivity contribution in [2.75, 3.05) is 19.6 Å². The summed E-state index contributed by atoms with van der Waals surface area (Å²) in [6.45, 7) is 23.0. The molecule has 53 heavy (non-hydrogen) atoms. The van der Waals surface area contributed by atoms with E-state index in [0.29, 0.717) is 43.2 Å². The minimum absolute atomic E-state index is 0.0244. The molecule has 4 N–H and O–H groups in total. The number of aliphatic hydroxyl groups is 1. The van der Waals surface area contributed by atoms with Crippen LogP contribution in [0.2, 0.25) is 0 Å². The number of ketones is 1. The smallest absolute Gasteiger partial charge is 0.309 e. The molecule has 6 fully saturated rings. The quantitative estimate of drug-likeness (QED) is 0.178. The molecule has 8 heteroatoms. The maximum absolute atomic E-state index is 14.1. The SMILES string of the molecule is CC(C)C1=C2[C@H]3CC[C@@H]4[C@@]5(C)CC[C@H](OC(=O)[C@H]6C[C@@H](C(=O)O)C6(C)C)C(C)(C)[C@@H]5CC[C@@]4(C)[C@]3(C)CC[C@@]2([C@@H](O)CNC[C@@H]2CCCCN2)CC1=O. The summed E-state index contributed by atoms with van der Waals surface area (Å²) in [5.74, 6) is -0.259. The summed E-state index contributed by atoms with van der Waals surface area (Å²) < 4.78 is 6.42. The second-order valence-corrected chi connectivity index (χ2v) is 21.5. The van der Waals surface area contributed by atoms with E-state index in [0.717, 1.165) is 70.0 Å². The lowest BCUT2D eigenvalue weighted by Crippen LogP contribution is -2.66. The monoisotopic (exact) mass is 737 g/mol. The third-order valence-corrected chi connectivity index (χ3v) is 18.3. The standard InChI is InChI=1S/C45H72N2O6/c1-26(2)36-31(48)23-45(34(49)25-46-24-27-12-10-11-21-47-27)20-19-43(8)28(37(36)45)13-14-33-42(7)17-16-35(41(5,6)32(42)15-18-44(33,43)9)53-39(52)30-22-29(38(50)51)40(30,3)4/h26-30,32-35,46-47,49H,10-25H2,1-9H3,(H,50,51)/t27-,28+,29-,30+,32-,33+,34-,35-,42-,43+,44+,45-/m0/s1. The molecule has 0 amide bonds. The van der Waals surface area contributed by atoms with Crippen LogP contribution < -0.4 is 10.6 Å². The number of nitrogens with one attached hydrogen (secondary N) is 2. The highest BCUT2D eigenvalue weighted by Crippen LogP contribution is 2.77. The van der Waals surface area contributed by atoms with Gasteiger partial charge in [-0.25, -0.2) is 0 Å². The number of allylic oxidation sites excluding steroid dienone is 1. The Morgan fingerprint density at radius 2 is 1.60 bits per heavy atom. The predicted molar refractivity (Wildman–Crippen MR) is 207 cm³/mol. The molecule has 0 bridgehead atoms. The van der Waals surface area contributed by atoms with Crippen molar-refractivity contribution in [3.8, 4) is 0 Å². The second-order valence-electron chi connectivity index (χ2n) is 21.5. The van der Waals surface area contributed by atoms with Crippen molar-refractivity contribution >= 4 is 17.7 Å². The average Bonchev–Trinajstić information content (AvgIpc) is 3.39. The number of hydrogen-bond donors (Lipinski definition) is 4. The fourth-order valence-electron chi connectivity index (χ4n) is 14.9. The van der Waals surface area contributed by atoms with Gasteiger partial charge in [0.05, 0.1) is 17.9 Å². The average molecular weight is 737 g/mol. The van der Waals surface area contributed by atoms with Crippen LogP contribution in [0.15, 0.2) is 11.1 Å². The normalized spacial score (nSPS) is 45.0. The maximum atomic E-state index is 14.1. The lowest BCUT2D eigenvalue weighted by Gasteiger charge is -2.72. The zero-order valence-corrected chi connectivity index (χ0v) is 34.5. The largest absolute Gasteiger partial charge is 0.481 e. The molecule has 5 saturated carbocycles. The number of esters is 1. The summed E-state index contributed by atoms with van der Waals surface area (Å²) >= 11 is 0. The van der Waals surface area contributed by atoms with Gasteiger partial charge in [0.2, 0.25) is 0 Å². The third kappa shape index (κ3) is 5.78. The number of Topliss-reactive ketones (excluding diaryl/α,β-unsaturated/α-hetero) is 1. The lowest BCUT2D eigenvalue weighted by atomic mass is 9.33. The van der Waals surface area contributed by atoms with Crippen molar-refractivity contribution < 1.29 is 29.3 Å². The van der Waals surface area contributed by atoms with E-state index in [-0.39, 0.29) is 51.4 Å². The number of carboxylic acid groups (broad SMARTS) is 1. The molecule has 298 valence electrons. The molecule has 0 aromatic rings. The zero-order valence-electron chi connectivity index (χ0n) is 34.5. The van der Waals surface area contributed by atoms with Gasteiger partial charge < -0.3 is 25.6 Å². The first-order valence-electron chi connectivity index (χ1n) is 21.6. The first-order chi connectivity index (χ1) is 24.8. The van der Waals surface area contributed by atoms with Crippen LogP contribution in [0.1, 0.15) is 146 Å². The number of aliphatic carboxylic acids is 1. The summed E-state index contributed by atoms with van der Waals surface area (Å²) in [7, 11) is 0. The predicted octanol–water partition coefficient (Wildman–Crippen LogP) is 7.72. The Bertz CT molecular complexity index is 1510. The first kappa shape index (κ1) is 39.5. The molecule has 8 nitrogen and oxygen atoms in total. The number of fused-ring (bicyclic) bond motifs is 7. The molecule has 0 aromatic carbocycles. The Morgan fingerprint density at radius 3 is 2.25 bits per heavy atom. The van der Waals surface area contributed by atoms with E-state index in [1.807, 2.05) is 13.8 Å². The van der Waals surface area contributed by atoms with Crippen LogP contribution in [0.3, 0.4) is 0 Å². The molecule has 1 heterocycles. The van der Waals surface area contributed by atoms with Gasteiger partial charge in [0.15, 0.2) is 5.78 Å². The number of carbonyl (C=O) groups is 3. The molecule has 0 radical (unpaired) electrons. The molecule has 1 saturated heterocycles. The highest BCUT2D eigenvalue weighted by Gasteiger charge is 2.71. The molecule has 7 rings (SSSR count). The summed E-state index contributed by atoms with van der Waals surface area (Å²) in [5, 5.41) is 29.1. The summed E-state index contributed by atoms with van der Waals surface area (Å²) in [6, 6.07) is 0.454. The molecule has 1 aliphatic heterocycles. The van der Waals surface area contributed by atoms with Crippen LogP contribution in [0, 0.1) is 68.0 Å². The van der Waals surface area contributed by atoms with Crippen LogP contribution in [0.5, 0.6) is 0 Å². The van der Waals surface area contributed by atoms with E-state index in [9.17, 15) is 24.6 Å². The van der Waals surface area contributed by atoms with Crippen LogP contribution in [0.4, 0.5) is 0 Å². The molecule has 0 unspecified atom stereocenters. The van der Waals surface area contributed by atoms with Crippen LogP contribution in [-0.4, -0.2) is 65.8 Å². The van der Waals surface area contributed by atoms with Crippen LogP contribution in [0.25, 0.3) is 0 Å². The van der Waals surface area contributed by atoms with Gasteiger partial charge in [-0.3, -0.25) is 14.4 Å². The van der Waals surface area contributed by atoms with Crippen molar-refractivity contribution in [3.05, 3.63) is 11.1 Å². The van der Waals surface area contributed by atoms with E-state index in [1.165, 1.54) is 24.8 Å². The topological polar surface area (TPSA) is 125 Å². The van der Waals surface area contributed by atoms with E-state index in [1.54, 1.807) is 0 Å². The Kier molecular flexibility index (Phi) is 10.00. The Balaban J connectivity index is 1.12. The molecular formula is C45H72N2O6. The van der Waals surface area contributed by atoms with Gasteiger partial charge in [0.1, 0.15) is 6.10 Å². The fourth-order valence-corrected chi connectivity index (χ4v) is 14.9. The van der Waals surface area contributed by atoms with Gasteiger partial charge in [-0.1, -0.05) is 74.3 Å². The highest BCUT2D eigenvalue weighted by atomic mass is 16.5. The van der Waals surface area contributed by atoms with Gasteiger partial charge in [0.25, 0.3) is 0 Å². The Morgan fingerprint density at radius 1 is 0.868 bits per heavy atom. The number of carbonyl (C=O) groups excluding carboxylic acids is 2. The van der Waals surface area contributed by atoms with Gasteiger partial charge in [-0.05, 0) is 128 Å². The minimum atomic E-state index is -0.822. The van der Waals surface area contributed by atoms with Crippen molar-refractivity contribution in [2.24, 2.45) is 68.0 Å². The van der Waals surface area contributed by atoms with Crippen LogP contribution in [-0.2, 0) is 19.1 Å². The third-order valence-electron chi connectivity index (χ3n) is 18.3. The van der Waals surface area contributed by atoms with Gasteiger partial charge >= 0.3 is 11.9 Å². The van der Waals surface area contributed by atoms with Gasteiger partial charge in [0, 0.05) is 36.4 Å². The molecule has 0 spiro atoms. The van der Waals surface area contributed by atoms with E-state index in [4.69, 9.17) is 4.74 Å². The van der Waals surface area contributed by atoms with E-state index >= 15 is 0 Å². The summed E-state index contributed by atoms with van der Waals surface area (Å²) in [5.41, 5.74) is 1.32. The molecule has 7 aliphatic rings. The molecule has 0 aromatic heterocycles. The van der Waals surface area contributed by atoms with Crippen molar-refractivity contribution in [1.29, 1.82) is 0 Å². The van der Waals surface area contributed by atoms with E-state index < -0.39 is 28.8 Å². The number of rotatable bonds is 9. The summed E-state index contributed by atoms with van der Waals surface area (Å²) in [4.78, 5) is 39.4. The Labute approximate surface area is 319 Å². The molecular weight excluding hydrogens is 665 g/mol. The number of hydrogen-bond acceptors (Lipinski definition) is 7. The maximum Gasteiger partial charge on any atom is 0.309 e. The number of aliphatic hydroxyl groups excluding tert-OH is 1. The lowest BCUT2D eigenvalue weighted by molar-refractivity contribution is -0.238. The number of carboxylic acids is 1. The van der Waals surface area contributed by atoms with Gasteiger partial charge in [-0.2, -0.15) is 0 Å². The highest BCUT2D eigenvalue weighted by molar-refractivity contribution is 6.00. The summed E-state index contributed by atoms with van der Waals surface area (Å²) in [6.07, 6.45) is 11.9. The van der Waals surface area contributed by atoms with Crippen molar-refractivity contribution in [3.63, 3.8) is 0 Å². The second kappa shape index (κ2) is 13.4. The first-order valence-corrected chi connectivity index (χ1v) is 21.6. The van der Waals surface area contributed by atoms with E-state index in [2.05, 4.69) is 59.1 Å². The molecule has 6 aliphatic carbocycles. The fraction of sp³-hybridized carbons (Fsp3) is 0.889. The van der Waals surface area contributed by atoms with Crippen LogP contribution >= 0.6 is 0 Å². The van der Waals surface area contributed by atoms with Crippen molar-refractivity contribution in [2.45, 2.75) is 164 Å². The Hall–Kier alpha value is -1.77. The molecule has 12 atom stereocenters. The van der Waals surface area contributed by atoms with Crippen molar-refractivity contribution in [1.82, 2.24) is 10.6 Å². The number of piperidine rings is 1.